The quantitative estimate of drug-likeness (QED) is 0.326. The number of hydrogen-bond acceptors (Lipinski definition) is 5. The second-order valence-electron chi connectivity index (χ2n) is 7.96. The summed E-state index contributed by atoms with van der Waals surface area (Å²) in [5.41, 5.74) is 7.91. The predicted octanol–water partition coefficient (Wildman–Crippen LogP) is 3.99. The van der Waals surface area contributed by atoms with E-state index in [1.165, 1.54) is 22.7 Å². The van der Waals surface area contributed by atoms with Crippen molar-refractivity contribution in [2.45, 2.75) is 24.9 Å². The molecule has 2 atom stereocenters. The van der Waals surface area contributed by atoms with Gasteiger partial charge in [-0.2, -0.15) is 0 Å². The van der Waals surface area contributed by atoms with Gasteiger partial charge in [0.1, 0.15) is 11.9 Å². The van der Waals surface area contributed by atoms with Gasteiger partial charge in [0, 0.05) is 33.9 Å². The van der Waals surface area contributed by atoms with E-state index in [1.54, 1.807) is 42.6 Å². The van der Waals surface area contributed by atoms with Crippen LogP contribution in [-0.4, -0.2) is 43.7 Å². The van der Waals surface area contributed by atoms with Gasteiger partial charge in [-0.25, -0.2) is 13.9 Å². The van der Waals surface area contributed by atoms with Gasteiger partial charge in [-0.05, 0) is 48.2 Å². The number of nitrogens with two attached hydrogens (primary N) is 1. The Kier molecular flexibility index (Phi) is 7.30. The van der Waals surface area contributed by atoms with E-state index in [0.717, 1.165) is 5.56 Å². The van der Waals surface area contributed by atoms with Crippen molar-refractivity contribution in [2.75, 3.05) is 0 Å². The van der Waals surface area contributed by atoms with Crippen LogP contribution in [0.2, 0.25) is 10.0 Å². The first-order chi connectivity index (χ1) is 16.7. The van der Waals surface area contributed by atoms with Gasteiger partial charge in [0.25, 0.3) is 5.91 Å². The molecule has 2 aromatic carbocycles. The van der Waals surface area contributed by atoms with Crippen LogP contribution in [0.3, 0.4) is 0 Å². The summed E-state index contributed by atoms with van der Waals surface area (Å²) in [6.07, 6.45) is 1.83. The van der Waals surface area contributed by atoms with Crippen LogP contribution in [0, 0.1) is 5.82 Å². The zero-order valence-electron chi connectivity index (χ0n) is 18.2. The van der Waals surface area contributed by atoms with Crippen molar-refractivity contribution < 1.29 is 19.1 Å². The number of hydrogen-bond donors (Lipinski definition) is 3. The summed E-state index contributed by atoms with van der Waals surface area (Å²) < 4.78 is 15.6. The van der Waals surface area contributed by atoms with Crippen LogP contribution >= 0.6 is 23.2 Å². The zero-order chi connectivity index (χ0) is 25.1. The van der Waals surface area contributed by atoms with Crippen molar-refractivity contribution in [3.05, 3.63) is 88.0 Å². The van der Waals surface area contributed by atoms with Gasteiger partial charge in [0.15, 0.2) is 5.65 Å². The fourth-order valence-corrected chi connectivity index (χ4v) is 3.95. The number of rotatable bonds is 8. The molecule has 0 saturated heterocycles. The van der Waals surface area contributed by atoms with Gasteiger partial charge in [0.05, 0.1) is 0 Å². The van der Waals surface area contributed by atoms with Crippen molar-refractivity contribution in [3.8, 4) is 11.1 Å². The van der Waals surface area contributed by atoms with Crippen molar-refractivity contribution in [1.82, 2.24) is 19.9 Å². The van der Waals surface area contributed by atoms with Crippen LogP contribution in [0.15, 0.2) is 60.8 Å². The van der Waals surface area contributed by atoms with Crippen LogP contribution in [-0.2, 0) is 11.2 Å². The standard InChI is InChI=1S/C24H20Cl2FN5O3/c25-15-5-6-19(27)18(10-15)14-3-1-13(2-4-14)9-17(12-20(28)24(34)35)29-23(33)22-30-21-11-16(26)7-8-32(21)31-22/h1-8,10-11,17,20H,9,12,28H2,(H,29,33)(H,34,35)/t17-,20+/m1/s1. The van der Waals surface area contributed by atoms with Gasteiger partial charge >= 0.3 is 5.97 Å². The number of amides is 1. The molecular weight excluding hydrogens is 496 g/mol. The number of nitrogens with one attached hydrogen (secondary N) is 1. The number of carboxylic acids is 1. The smallest absolute Gasteiger partial charge is 0.320 e. The first-order valence-electron chi connectivity index (χ1n) is 10.5. The number of pyridine rings is 1. The number of aliphatic carboxylic acids is 1. The lowest BCUT2D eigenvalue weighted by atomic mass is 9.97. The molecule has 0 fully saturated rings. The molecule has 0 spiro atoms. The molecule has 0 bridgehead atoms. The first kappa shape index (κ1) is 24.6. The molecule has 0 radical (unpaired) electrons. The molecular formula is C24H20Cl2FN5O3. The topological polar surface area (TPSA) is 123 Å². The van der Waals surface area contributed by atoms with Crippen molar-refractivity contribution in [1.29, 1.82) is 0 Å². The highest BCUT2D eigenvalue weighted by Gasteiger charge is 2.23. The normalized spacial score (nSPS) is 12.9. The van der Waals surface area contributed by atoms with Gasteiger partial charge < -0.3 is 16.2 Å². The Morgan fingerprint density at radius 3 is 2.51 bits per heavy atom. The van der Waals surface area contributed by atoms with Gasteiger partial charge in [-0.1, -0.05) is 47.5 Å². The maximum atomic E-state index is 14.2. The number of fused-ring (bicyclic) bond motifs is 1. The summed E-state index contributed by atoms with van der Waals surface area (Å²) in [6.45, 7) is 0. The minimum Gasteiger partial charge on any atom is -0.480 e. The van der Waals surface area contributed by atoms with Gasteiger partial charge in [-0.3, -0.25) is 9.59 Å². The molecule has 0 aliphatic heterocycles. The number of nitrogens with zero attached hydrogens (tertiary/aromatic N) is 3. The third-order valence-electron chi connectivity index (χ3n) is 5.37. The number of carboxylic acid groups (broad SMARTS) is 1. The summed E-state index contributed by atoms with van der Waals surface area (Å²) in [7, 11) is 0. The number of aromatic nitrogens is 3. The summed E-state index contributed by atoms with van der Waals surface area (Å²) >= 11 is 11.9. The SMILES string of the molecule is N[C@@H](C[C@@H](Cc1ccc(-c2cc(Cl)ccc2F)cc1)NC(=O)c1nc2cc(Cl)ccn2n1)C(=O)O. The fraction of sp³-hybridized carbons (Fsp3) is 0.167. The summed E-state index contributed by atoms with van der Waals surface area (Å²) in [5, 5.41) is 17.0. The third-order valence-corrected chi connectivity index (χ3v) is 5.84. The monoisotopic (exact) mass is 515 g/mol. The van der Waals surface area contributed by atoms with Crippen LogP contribution in [0.1, 0.15) is 22.6 Å². The molecule has 0 saturated carbocycles. The molecule has 0 unspecified atom stereocenters. The Hall–Kier alpha value is -3.53. The van der Waals surface area contributed by atoms with E-state index in [2.05, 4.69) is 15.4 Å². The van der Waals surface area contributed by atoms with Crippen LogP contribution < -0.4 is 11.1 Å². The highest BCUT2D eigenvalue weighted by Crippen LogP contribution is 2.26. The number of benzene rings is 2. The average Bonchev–Trinajstić information content (AvgIpc) is 3.24. The molecule has 0 aliphatic rings. The Morgan fingerprint density at radius 2 is 1.80 bits per heavy atom. The van der Waals surface area contributed by atoms with E-state index in [0.29, 0.717) is 26.8 Å². The lowest BCUT2D eigenvalue weighted by molar-refractivity contribution is -0.138. The molecule has 4 N–H and O–H groups in total. The maximum absolute atomic E-state index is 14.2. The van der Waals surface area contributed by atoms with Crippen LogP contribution in [0.5, 0.6) is 0 Å². The lowest BCUT2D eigenvalue weighted by Gasteiger charge is -2.20. The average molecular weight is 516 g/mol. The van der Waals surface area contributed by atoms with E-state index in [9.17, 15) is 19.1 Å². The molecule has 2 aromatic heterocycles. The van der Waals surface area contributed by atoms with Crippen molar-refractivity contribution in [3.63, 3.8) is 0 Å². The van der Waals surface area contributed by atoms with E-state index in [-0.39, 0.29) is 18.7 Å². The molecule has 1 amide bonds. The molecule has 4 aromatic rings. The molecule has 4 rings (SSSR count). The van der Waals surface area contributed by atoms with Crippen molar-refractivity contribution in [2.24, 2.45) is 5.73 Å². The fourth-order valence-electron chi connectivity index (χ4n) is 3.63. The van der Waals surface area contributed by atoms with E-state index in [4.69, 9.17) is 28.9 Å². The molecule has 35 heavy (non-hydrogen) atoms. The van der Waals surface area contributed by atoms with Crippen molar-refractivity contribution >= 4 is 40.7 Å². The highest BCUT2D eigenvalue weighted by atomic mass is 35.5. The zero-order valence-corrected chi connectivity index (χ0v) is 19.7. The number of carbonyl (C=O) groups excluding carboxylic acids is 1. The molecule has 11 heteroatoms. The van der Waals surface area contributed by atoms with Crippen LogP contribution in [0.25, 0.3) is 16.8 Å². The third kappa shape index (κ3) is 5.94. The lowest BCUT2D eigenvalue weighted by Crippen LogP contribution is -2.43. The largest absolute Gasteiger partial charge is 0.480 e. The maximum Gasteiger partial charge on any atom is 0.320 e. The molecule has 2 heterocycles. The highest BCUT2D eigenvalue weighted by molar-refractivity contribution is 6.31. The molecule has 0 aliphatic carbocycles. The van der Waals surface area contributed by atoms with Gasteiger partial charge in [-0.15, -0.1) is 5.10 Å². The predicted molar refractivity (Wildman–Crippen MR) is 130 cm³/mol. The van der Waals surface area contributed by atoms with Gasteiger partial charge in [0.2, 0.25) is 5.82 Å². The first-order valence-corrected chi connectivity index (χ1v) is 11.3. The second-order valence-corrected chi connectivity index (χ2v) is 8.83. The van der Waals surface area contributed by atoms with Crippen LogP contribution in [0.4, 0.5) is 4.39 Å². The summed E-state index contributed by atoms with van der Waals surface area (Å²) in [5.74, 6) is -2.25. The number of carbonyl (C=O) groups is 2. The van der Waals surface area contributed by atoms with E-state index < -0.39 is 29.8 Å². The minimum absolute atomic E-state index is 0.0229. The van der Waals surface area contributed by atoms with E-state index >= 15 is 0 Å². The molecule has 8 nitrogen and oxygen atoms in total. The Morgan fingerprint density at radius 1 is 1.09 bits per heavy atom. The second kappa shape index (κ2) is 10.4. The summed E-state index contributed by atoms with van der Waals surface area (Å²) in [6, 6.07) is 12.7. The minimum atomic E-state index is -1.19. The Bertz CT molecular complexity index is 1390. The number of halogens is 3. The Labute approximate surface area is 209 Å². The molecule has 180 valence electrons. The Balaban J connectivity index is 1.53. The van der Waals surface area contributed by atoms with E-state index in [1.807, 2.05) is 0 Å². The summed E-state index contributed by atoms with van der Waals surface area (Å²) in [4.78, 5) is 28.3.